The number of unbranched alkanes of at least 4 members (excludes halogenated alkanes) is 2. The summed E-state index contributed by atoms with van der Waals surface area (Å²) in [5.74, 6) is -3.02. The SMILES string of the molecule is C=CC(=O)OCCCCOC(=O)OC1=CC=C(C(=O)Oc2ccc(C(=O)O[C@H]3CO[C@H]4[C@@H]3OC[C@H]4OC(=O)c3ccc(OC(=O)c4ccc(OC(=O)OCCCCOC(=O)C=C)cc4)cc3)cc2)CC1. The van der Waals surface area contributed by atoms with Gasteiger partial charge >= 0.3 is 48.1 Å². The lowest BCUT2D eigenvalue weighted by molar-refractivity contribution is -0.138. The number of fused-ring (bicyclic) bond motifs is 1. The Balaban J connectivity index is 0.874. The Morgan fingerprint density at radius 1 is 0.471 bits per heavy atom. The van der Waals surface area contributed by atoms with Crippen LogP contribution in [0.15, 0.2) is 122 Å². The van der Waals surface area contributed by atoms with Crippen LogP contribution in [0.5, 0.6) is 17.2 Å². The number of hydrogen-bond acceptors (Lipinski definition) is 20. The van der Waals surface area contributed by atoms with Gasteiger partial charge in [-0.3, -0.25) is 0 Å². The summed E-state index contributed by atoms with van der Waals surface area (Å²) >= 11 is 0. The van der Waals surface area contributed by atoms with Crippen LogP contribution in [0.3, 0.4) is 0 Å². The highest BCUT2D eigenvalue weighted by Crippen LogP contribution is 2.32. The van der Waals surface area contributed by atoms with E-state index in [1.807, 2.05) is 0 Å². The zero-order chi connectivity index (χ0) is 49.8. The third-order valence-corrected chi connectivity index (χ3v) is 10.3. The highest BCUT2D eigenvalue weighted by molar-refractivity contribution is 5.93. The molecular formula is C50H48O20. The van der Waals surface area contributed by atoms with Gasteiger partial charge in [0.2, 0.25) is 0 Å². The second kappa shape index (κ2) is 25.9. The van der Waals surface area contributed by atoms with E-state index < -0.39 is 72.5 Å². The third kappa shape index (κ3) is 15.5. The molecule has 368 valence electrons. The molecule has 0 bridgehead atoms. The smallest absolute Gasteiger partial charge is 0.463 e. The highest BCUT2D eigenvalue weighted by Gasteiger charge is 2.51. The fourth-order valence-electron chi connectivity index (χ4n) is 6.68. The van der Waals surface area contributed by atoms with Crippen molar-refractivity contribution in [1.29, 1.82) is 0 Å². The van der Waals surface area contributed by atoms with Crippen molar-refractivity contribution >= 4 is 48.1 Å². The van der Waals surface area contributed by atoms with E-state index in [0.717, 1.165) is 12.2 Å². The quantitative estimate of drug-likeness (QED) is 0.0255. The Labute approximate surface area is 400 Å². The molecule has 2 saturated heterocycles. The maximum Gasteiger partial charge on any atom is 0.513 e. The van der Waals surface area contributed by atoms with Gasteiger partial charge in [0.1, 0.15) is 35.2 Å². The molecule has 0 unspecified atom stereocenters. The fraction of sp³-hybridized carbons (Fsp3) is 0.320. The summed E-state index contributed by atoms with van der Waals surface area (Å²) in [6, 6.07) is 17.0. The predicted molar refractivity (Wildman–Crippen MR) is 238 cm³/mol. The van der Waals surface area contributed by atoms with E-state index in [4.69, 9.17) is 56.8 Å². The highest BCUT2D eigenvalue weighted by atomic mass is 16.7. The van der Waals surface area contributed by atoms with Crippen LogP contribution >= 0.6 is 0 Å². The van der Waals surface area contributed by atoms with E-state index in [2.05, 4.69) is 13.2 Å². The number of carbonyl (C=O) groups excluding carboxylic acids is 8. The number of benzene rings is 3. The van der Waals surface area contributed by atoms with Gasteiger partial charge in [0.15, 0.2) is 12.2 Å². The standard InChI is InChI=1S/C50H48O20/c1-3-41(51)59-25-5-7-27-61-49(57)67-37-21-13-31(14-22-37)45(53)65-35-17-9-33(10-18-35)47(55)69-39-29-63-44-40(30-64-43(39)44)70-48(56)34-11-19-36(20-12-34)66-46(54)32-15-23-38(24-16-32)68-50(58)62-28-8-6-26-60-42(52)4-2/h3-4,9-15,17-23,39-40,43-44H,1-2,5-8,16,24-30H2/t39-,40+,43-,44-/m1/s1. The molecule has 4 atom stereocenters. The van der Waals surface area contributed by atoms with Crippen LogP contribution in [0.2, 0.25) is 0 Å². The minimum absolute atomic E-state index is 0.0134. The van der Waals surface area contributed by atoms with Gasteiger partial charge in [-0.25, -0.2) is 38.4 Å². The lowest BCUT2D eigenvalue weighted by Gasteiger charge is -2.17. The van der Waals surface area contributed by atoms with Gasteiger partial charge in [-0.2, -0.15) is 0 Å². The number of carbonyl (C=O) groups is 8. The van der Waals surface area contributed by atoms with E-state index >= 15 is 0 Å². The first kappa shape index (κ1) is 51.3. The average Bonchev–Trinajstić information content (AvgIpc) is 3.96. The van der Waals surface area contributed by atoms with E-state index in [0.29, 0.717) is 37.0 Å². The molecule has 3 aliphatic rings. The molecule has 1 aliphatic carbocycles. The maximum absolute atomic E-state index is 13.1. The topological polar surface area (TPSA) is 247 Å². The van der Waals surface area contributed by atoms with Gasteiger partial charge < -0.3 is 56.8 Å². The molecule has 0 radical (unpaired) electrons. The van der Waals surface area contributed by atoms with Gasteiger partial charge in [-0.05, 0) is 117 Å². The van der Waals surface area contributed by atoms with Crippen LogP contribution in [0.25, 0.3) is 0 Å². The zero-order valence-electron chi connectivity index (χ0n) is 37.6. The summed E-state index contributed by atoms with van der Waals surface area (Å²) in [6.07, 6.45) is 2.56. The van der Waals surface area contributed by atoms with E-state index in [-0.39, 0.29) is 86.4 Å². The third-order valence-electron chi connectivity index (χ3n) is 10.3. The van der Waals surface area contributed by atoms with E-state index in [9.17, 15) is 38.4 Å². The number of ether oxygens (including phenoxy) is 12. The Morgan fingerprint density at radius 2 is 0.871 bits per heavy atom. The first-order chi connectivity index (χ1) is 33.9. The normalized spacial score (nSPS) is 17.7. The molecule has 2 aliphatic heterocycles. The molecule has 6 rings (SSSR count). The van der Waals surface area contributed by atoms with Crippen molar-refractivity contribution in [2.24, 2.45) is 0 Å². The molecule has 3 aromatic rings. The molecule has 2 fully saturated rings. The van der Waals surface area contributed by atoms with E-state index in [1.54, 1.807) is 0 Å². The van der Waals surface area contributed by atoms with Crippen LogP contribution < -0.4 is 14.2 Å². The number of rotatable bonds is 22. The predicted octanol–water partition coefficient (Wildman–Crippen LogP) is 6.65. The Morgan fingerprint density at radius 3 is 1.30 bits per heavy atom. The van der Waals surface area contributed by atoms with E-state index in [1.165, 1.54) is 84.9 Å². The number of allylic oxidation sites excluding steroid dienone is 3. The molecule has 20 heteroatoms. The summed E-state index contributed by atoms with van der Waals surface area (Å²) in [6.45, 7) is 7.04. The minimum Gasteiger partial charge on any atom is -0.463 e. The van der Waals surface area contributed by atoms with Gasteiger partial charge in [0, 0.05) is 24.1 Å². The lowest BCUT2D eigenvalue weighted by Crippen LogP contribution is -2.36. The molecular weight excluding hydrogens is 921 g/mol. The average molecular weight is 969 g/mol. The monoisotopic (exact) mass is 968 g/mol. The van der Waals surface area contributed by atoms with Crippen LogP contribution in [-0.4, -0.2) is 112 Å². The van der Waals surface area contributed by atoms with Crippen molar-refractivity contribution in [3.8, 4) is 17.2 Å². The van der Waals surface area contributed by atoms with Gasteiger partial charge in [-0.15, -0.1) is 0 Å². The maximum atomic E-state index is 13.1. The molecule has 70 heavy (non-hydrogen) atoms. The van der Waals surface area contributed by atoms with Crippen LogP contribution in [0, 0.1) is 0 Å². The summed E-state index contributed by atoms with van der Waals surface area (Å²) in [4.78, 5) is 97.7. The molecule has 2 heterocycles. The molecule has 0 N–H and O–H groups in total. The number of hydrogen-bond donors (Lipinski definition) is 0. The zero-order valence-corrected chi connectivity index (χ0v) is 37.6. The Kier molecular flexibility index (Phi) is 19.0. The molecule has 0 amide bonds. The van der Waals surface area contributed by atoms with Crippen molar-refractivity contribution < 1.29 is 95.2 Å². The summed E-state index contributed by atoms with van der Waals surface area (Å²) in [5.41, 5.74) is 0.813. The summed E-state index contributed by atoms with van der Waals surface area (Å²) in [7, 11) is 0. The first-order valence-electron chi connectivity index (χ1n) is 22.0. The van der Waals surface area contributed by atoms with Crippen LogP contribution in [0.1, 0.15) is 69.6 Å². The Hall–Kier alpha value is -8.10. The molecule has 0 spiro atoms. The molecule has 0 saturated carbocycles. The Bertz CT molecular complexity index is 2450. The summed E-state index contributed by atoms with van der Waals surface area (Å²) in [5, 5.41) is 0. The minimum atomic E-state index is -0.943. The van der Waals surface area contributed by atoms with Crippen molar-refractivity contribution in [3.05, 3.63) is 138 Å². The summed E-state index contributed by atoms with van der Waals surface area (Å²) < 4.78 is 63.9. The lowest BCUT2D eigenvalue weighted by atomic mass is 10.0. The second-order valence-electron chi connectivity index (χ2n) is 15.2. The van der Waals surface area contributed by atoms with Crippen LogP contribution in [-0.2, 0) is 57.0 Å². The first-order valence-corrected chi connectivity index (χ1v) is 22.0. The van der Waals surface area contributed by atoms with Gasteiger partial charge in [0.25, 0.3) is 0 Å². The second-order valence-corrected chi connectivity index (χ2v) is 15.2. The molecule has 3 aromatic carbocycles. The van der Waals surface area contributed by atoms with Crippen LogP contribution in [0.4, 0.5) is 9.59 Å². The van der Waals surface area contributed by atoms with Gasteiger partial charge in [0.05, 0.1) is 56.3 Å². The molecule has 0 aromatic heterocycles. The van der Waals surface area contributed by atoms with Crippen molar-refractivity contribution in [2.75, 3.05) is 39.6 Å². The van der Waals surface area contributed by atoms with Crippen molar-refractivity contribution in [3.63, 3.8) is 0 Å². The van der Waals surface area contributed by atoms with Crippen molar-refractivity contribution in [2.45, 2.75) is 62.9 Å². The van der Waals surface area contributed by atoms with Crippen molar-refractivity contribution in [1.82, 2.24) is 0 Å². The largest absolute Gasteiger partial charge is 0.513 e. The molecule has 20 nitrogen and oxygen atoms in total. The number of esters is 6. The fourth-order valence-corrected chi connectivity index (χ4v) is 6.68. The van der Waals surface area contributed by atoms with Gasteiger partial charge in [-0.1, -0.05) is 13.2 Å².